The van der Waals surface area contributed by atoms with Gasteiger partial charge in [-0.15, -0.1) is 0 Å². The summed E-state index contributed by atoms with van der Waals surface area (Å²) < 4.78 is 0. The molecule has 2 heterocycles. The number of fused-ring (bicyclic) bond motifs is 1. The van der Waals surface area contributed by atoms with Gasteiger partial charge in [0.1, 0.15) is 0 Å². The van der Waals surface area contributed by atoms with E-state index in [1.165, 1.54) is 5.57 Å². The van der Waals surface area contributed by atoms with Crippen molar-refractivity contribution in [2.45, 2.75) is 45.4 Å². The van der Waals surface area contributed by atoms with Gasteiger partial charge < -0.3 is 15.5 Å². The fourth-order valence-corrected chi connectivity index (χ4v) is 5.04. The standard InChI is InChI=1S/C29H33N5O/c1-19-7-6-8-20(2)26(19)32-28(35)22-11-13-23(14-12-22)30-29-31-25-10-5-4-9-24(25)27(33-29)21-15-17-34(3)18-16-21/h4-5,7,9-14,21H,6,8,15-18H2,1-3H3,(H,32,35)(H,30,31,33). The number of carbonyl (C=O) groups is 1. The largest absolute Gasteiger partial charge is 0.324 e. The number of aromatic nitrogens is 2. The lowest BCUT2D eigenvalue weighted by molar-refractivity contribution is 0.0966. The van der Waals surface area contributed by atoms with Gasteiger partial charge in [-0.2, -0.15) is 0 Å². The van der Waals surface area contributed by atoms with E-state index in [4.69, 9.17) is 9.97 Å². The second-order valence-electron chi connectivity index (χ2n) is 9.76. The monoisotopic (exact) mass is 467 g/mol. The number of piperidine rings is 1. The highest BCUT2D eigenvalue weighted by Gasteiger charge is 2.22. The van der Waals surface area contributed by atoms with Crippen LogP contribution in [0.2, 0.25) is 0 Å². The molecule has 0 spiro atoms. The Hall–Kier alpha value is -3.51. The molecular weight excluding hydrogens is 434 g/mol. The van der Waals surface area contributed by atoms with Crippen LogP contribution in [0.15, 0.2) is 71.5 Å². The molecule has 6 nitrogen and oxygen atoms in total. The number of hydrogen-bond donors (Lipinski definition) is 2. The Morgan fingerprint density at radius 2 is 1.74 bits per heavy atom. The van der Waals surface area contributed by atoms with Gasteiger partial charge in [0.25, 0.3) is 5.91 Å². The first-order chi connectivity index (χ1) is 17.0. The van der Waals surface area contributed by atoms with E-state index in [0.29, 0.717) is 17.4 Å². The molecule has 5 rings (SSSR count). The van der Waals surface area contributed by atoms with Gasteiger partial charge in [-0.3, -0.25) is 4.79 Å². The second kappa shape index (κ2) is 10.0. The number of allylic oxidation sites excluding steroid dienone is 3. The van der Waals surface area contributed by atoms with Gasteiger partial charge in [0.2, 0.25) is 5.95 Å². The first-order valence-corrected chi connectivity index (χ1v) is 12.5. The maximum atomic E-state index is 12.8. The molecule has 1 fully saturated rings. The first-order valence-electron chi connectivity index (χ1n) is 12.5. The summed E-state index contributed by atoms with van der Waals surface area (Å²) in [5.74, 6) is 0.936. The molecule has 1 saturated heterocycles. The third kappa shape index (κ3) is 5.13. The highest BCUT2D eigenvalue weighted by atomic mass is 16.1. The maximum Gasteiger partial charge on any atom is 0.255 e. The molecule has 1 aliphatic heterocycles. The zero-order chi connectivity index (χ0) is 24.4. The van der Waals surface area contributed by atoms with E-state index in [-0.39, 0.29) is 5.91 Å². The molecular formula is C29H33N5O. The Labute approximate surface area is 207 Å². The van der Waals surface area contributed by atoms with E-state index >= 15 is 0 Å². The van der Waals surface area contributed by atoms with E-state index in [1.54, 1.807) is 0 Å². The topological polar surface area (TPSA) is 70.2 Å². The number of nitrogens with zero attached hydrogens (tertiary/aromatic N) is 3. The third-order valence-corrected chi connectivity index (χ3v) is 7.17. The molecule has 0 radical (unpaired) electrons. The molecule has 35 heavy (non-hydrogen) atoms. The van der Waals surface area contributed by atoms with Crippen LogP contribution in [0.3, 0.4) is 0 Å². The number of benzene rings is 2. The van der Waals surface area contributed by atoms with Gasteiger partial charge in [-0.1, -0.05) is 24.3 Å². The minimum absolute atomic E-state index is 0.0907. The van der Waals surface area contributed by atoms with Crippen molar-refractivity contribution in [3.8, 4) is 0 Å². The van der Waals surface area contributed by atoms with Crippen molar-refractivity contribution in [1.29, 1.82) is 0 Å². The van der Waals surface area contributed by atoms with E-state index < -0.39 is 0 Å². The van der Waals surface area contributed by atoms with Crippen molar-refractivity contribution in [2.75, 3.05) is 25.5 Å². The minimum Gasteiger partial charge on any atom is -0.324 e. The number of rotatable bonds is 5. The number of amides is 1. The van der Waals surface area contributed by atoms with Crippen molar-refractivity contribution in [2.24, 2.45) is 0 Å². The molecule has 6 heteroatoms. The summed E-state index contributed by atoms with van der Waals surface area (Å²) in [5.41, 5.74) is 6.88. The lowest BCUT2D eigenvalue weighted by Gasteiger charge is -2.29. The van der Waals surface area contributed by atoms with Gasteiger partial charge in [-0.05, 0) is 101 Å². The van der Waals surface area contributed by atoms with E-state index in [2.05, 4.69) is 54.6 Å². The van der Waals surface area contributed by atoms with Crippen molar-refractivity contribution < 1.29 is 4.79 Å². The van der Waals surface area contributed by atoms with E-state index in [1.807, 2.05) is 36.4 Å². The molecule has 2 N–H and O–H groups in total. The molecule has 3 aromatic rings. The van der Waals surface area contributed by atoms with Crippen LogP contribution in [-0.2, 0) is 0 Å². The first kappa shape index (κ1) is 23.2. The second-order valence-corrected chi connectivity index (χ2v) is 9.76. The van der Waals surface area contributed by atoms with Crippen LogP contribution in [0.1, 0.15) is 61.5 Å². The lowest BCUT2D eigenvalue weighted by Crippen LogP contribution is -2.29. The van der Waals surface area contributed by atoms with Gasteiger partial charge in [0.05, 0.1) is 11.2 Å². The zero-order valence-corrected chi connectivity index (χ0v) is 20.8. The Bertz CT molecular complexity index is 1300. The number of carbonyl (C=O) groups excluding carboxylic acids is 1. The lowest BCUT2D eigenvalue weighted by atomic mass is 9.91. The van der Waals surface area contributed by atoms with Crippen LogP contribution in [-0.4, -0.2) is 40.9 Å². The van der Waals surface area contributed by atoms with Gasteiger partial charge in [0, 0.05) is 28.3 Å². The van der Waals surface area contributed by atoms with Crippen LogP contribution < -0.4 is 10.6 Å². The minimum atomic E-state index is -0.0907. The summed E-state index contributed by atoms with van der Waals surface area (Å²) in [5, 5.41) is 7.59. The average Bonchev–Trinajstić information content (AvgIpc) is 2.87. The maximum absolute atomic E-state index is 12.8. The van der Waals surface area contributed by atoms with Crippen molar-refractivity contribution in [1.82, 2.24) is 20.2 Å². The molecule has 1 amide bonds. The van der Waals surface area contributed by atoms with Gasteiger partial charge in [0.15, 0.2) is 0 Å². The number of para-hydroxylation sites is 1. The van der Waals surface area contributed by atoms with Crippen LogP contribution in [0, 0.1) is 0 Å². The number of likely N-dealkylation sites (tertiary alicyclic amines) is 1. The Balaban J connectivity index is 1.35. The fourth-order valence-electron chi connectivity index (χ4n) is 5.04. The summed E-state index contributed by atoms with van der Waals surface area (Å²) in [6.45, 7) is 6.30. The molecule has 2 aliphatic rings. The van der Waals surface area contributed by atoms with E-state index in [0.717, 1.165) is 72.3 Å². The summed E-state index contributed by atoms with van der Waals surface area (Å²) >= 11 is 0. The Morgan fingerprint density at radius 3 is 2.49 bits per heavy atom. The SMILES string of the molecule is CC1=CCCC(C)=C1NC(=O)c1ccc(Nc2nc(C3CCN(C)CC3)c3ccccc3n2)cc1. The van der Waals surface area contributed by atoms with Crippen LogP contribution in [0.5, 0.6) is 0 Å². The molecule has 0 unspecified atom stereocenters. The van der Waals surface area contributed by atoms with Gasteiger partial charge in [-0.25, -0.2) is 9.97 Å². The molecule has 1 aliphatic carbocycles. The Kier molecular flexibility index (Phi) is 6.64. The molecule has 0 saturated carbocycles. The van der Waals surface area contributed by atoms with Crippen LogP contribution >= 0.6 is 0 Å². The van der Waals surface area contributed by atoms with Crippen molar-refractivity contribution >= 4 is 28.4 Å². The van der Waals surface area contributed by atoms with E-state index in [9.17, 15) is 4.79 Å². The average molecular weight is 468 g/mol. The quantitative estimate of drug-likeness (QED) is 0.487. The Morgan fingerprint density at radius 1 is 1.00 bits per heavy atom. The molecule has 0 atom stereocenters. The fraction of sp³-hybridized carbons (Fsp3) is 0.345. The molecule has 0 bridgehead atoms. The molecule has 2 aromatic carbocycles. The number of hydrogen-bond acceptors (Lipinski definition) is 5. The van der Waals surface area contributed by atoms with Crippen LogP contribution in [0.25, 0.3) is 10.9 Å². The molecule has 180 valence electrons. The zero-order valence-electron chi connectivity index (χ0n) is 20.8. The number of anilines is 2. The van der Waals surface area contributed by atoms with Crippen LogP contribution in [0.4, 0.5) is 11.6 Å². The normalized spacial score (nSPS) is 17.4. The highest BCUT2D eigenvalue weighted by Crippen LogP contribution is 2.32. The summed E-state index contributed by atoms with van der Waals surface area (Å²) in [7, 11) is 2.18. The van der Waals surface area contributed by atoms with Gasteiger partial charge >= 0.3 is 0 Å². The predicted molar refractivity (Wildman–Crippen MR) is 142 cm³/mol. The van der Waals surface area contributed by atoms with Crippen molar-refractivity contribution in [3.63, 3.8) is 0 Å². The molecule has 1 aromatic heterocycles. The highest BCUT2D eigenvalue weighted by molar-refractivity contribution is 5.96. The summed E-state index contributed by atoms with van der Waals surface area (Å²) in [6, 6.07) is 15.8. The summed E-state index contributed by atoms with van der Waals surface area (Å²) in [6.07, 6.45) is 6.41. The third-order valence-electron chi connectivity index (χ3n) is 7.17. The number of nitrogens with one attached hydrogen (secondary N) is 2. The summed E-state index contributed by atoms with van der Waals surface area (Å²) in [4.78, 5) is 24.9. The van der Waals surface area contributed by atoms with Crippen molar-refractivity contribution in [3.05, 3.63) is 82.7 Å². The smallest absolute Gasteiger partial charge is 0.255 e. The predicted octanol–water partition coefficient (Wildman–Crippen LogP) is 5.93.